The Kier molecular flexibility index (Phi) is 4.70. The Labute approximate surface area is 132 Å². The van der Waals surface area contributed by atoms with Crippen LogP contribution in [0, 0.1) is 11.7 Å². The number of fused-ring (bicyclic) bond motifs is 1. The van der Waals surface area contributed by atoms with Crippen LogP contribution in [0.15, 0.2) is 24.4 Å². The maximum absolute atomic E-state index is 13.8. The van der Waals surface area contributed by atoms with Gasteiger partial charge < -0.3 is 9.30 Å². The molecule has 0 spiro atoms. The van der Waals surface area contributed by atoms with Crippen LogP contribution in [0.5, 0.6) is 5.75 Å². The van der Waals surface area contributed by atoms with E-state index >= 15 is 0 Å². The summed E-state index contributed by atoms with van der Waals surface area (Å²) in [6.07, 6.45) is 9.83. The Balaban J connectivity index is 1.75. The molecule has 1 heterocycles. The van der Waals surface area contributed by atoms with Crippen LogP contribution in [0.1, 0.15) is 58.4 Å². The summed E-state index contributed by atoms with van der Waals surface area (Å²) in [6, 6.07) is 5.42. The summed E-state index contributed by atoms with van der Waals surface area (Å²) in [4.78, 5) is 0. The molecule has 1 aliphatic rings. The van der Waals surface area contributed by atoms with E-state index in [1.807, 2.05) is 12.3 Å². The maximum Gasteiger partial charge on any atom is 0.146 e. The molecule has 3 heteroatoms. The van der Waals surface area contributed by atoms with Crippen LogP contribution in [-0.4, -0.2) is 11.2 Å². The minimum atomic E-state index is -0.221. The third-order valence-corrected chi connectivity index (χ3v) is 4.81. The van der Waals surface area contributed by atoms with Crippen LogP contribution in [0.2, 0.25) is 0 Å². The third kappa shape index (κ3) is 3.29. The quantitative estimate of drug-likeness (QED) is 0.690. The van der Waals surface area contributed by atoms with E-state index in [1.54, 1.807) is 6.07 Å². The summed E-state index contributed by atoms with van der Waals surface area (Å²) in [5.41, 5.74) is 1.01. The molecule has 1 fully saturated rings. The molecule has 0 N–H and O–H groups in total. The van der Waals surface area contributed by atoms with E-state index in [2.05, 4.69) is 18.4 Å². The van der Waals surface area contributed by atoms with Gasteiger partial charge in [0.2, 0.25) is 0 Å². The monoisotopic (exact) mass is 303 g/mol. The topological polar surface area (TPSA) is 14.2 Å². The molecule has 120 valence electrons. The highest BCUT2D eigenvalue weighted by Crippen LogP contribution is 2.31. The second-order valence-electron chi connectivity index (χ2n) is 6.80. The van der Waals surface area contributed by atoms with Crippen molar-refractivity contribution in [2.45, 2.75) is 58.4 Å². The molecule has 0 bridgehead atoms. The fourth-order valence-corrected chi connectivity index (χ4v) is 3.58. The first-order chi connectivity index (χ1) is 10.6. The van der Waals surface area contributed by atoms with E-state index < -0.39 is 0 Å². The first kappa shape index (κ1) is 15.4. The van der Waals surface area contributed by atoms with Crippen molar-refractivity contribution >= 4 is 10.9 Å². The third-order valence-electron chi connectivity index (χ3n) is 4.81. The van der Waals surface area contributed by atoms with E-state index in [0.717, 1.165) is 23.2 Å². The molecule has 0 radical (unpaired) electrons. The van der Waals surface area contributed by atoms with Crippen LogP contribution in [0.3, 0.4) is 0 Å². The van der Waals surface area contributed by atoms with Gasteiger partial charge in [-0.2, -0.15) is 0 Å². The maximum atomic E-state index is 13.8. The van der Waals surface area contributed by atoms with Crippen LogP contribution in [-0.2, 0) is 0 Å². The zero-order chi connectivity index (χ0) is 15.5. The fraction of sp³-hybridized carbons (Fsp3) is 0.579. The number of hydrogen-bond acceptors (Lipinski definition) is 1. The van der Waals surface area contributed by atoms with Gasteiger partial charge in [0.05, 0.1) is 12.1 Å². The summed E-state index contributed by atoms with van der Waals surface area (Å²) in [5, 5.41) is 0.918. The van der Waals surface area contributed by atoms with E-state index in [-0.39, 0.29) is 5.82 Å². The molecule has 1 aromatic carbocycles. The minimum Gasteiger partial charge on any atom is -0.491 e. The minimum absolute atomic E-state index is 0.221. The molecule has 0 aliphatic heterocycles. The number of nitrogens with zero attached hydrogens (tertiary/aromatic N) is 1. The van der Waals surface area contributed by atoms with Crippen LogP contribution in [0.25, 0.3) is 10.9 Å². The van der Waals surface area contributed by atoms with E-state index in [0.29, 0.717) is 18.4 Å². The number of hydrogen-bond donors (Lipinski definition) is 0. The lowest BCUT2D eigenvalue weighted by atomic mass is 9.87. The average Bonchev–Trinajstić information content (AvgIpc) is 2.92. The predicted octanol–water partition coefficient (Wildman–Crippen LogP) is 5.71. The largest absolute Gasteiger partial charge is 0.491 e. The summed E-state index contributed by atoms with van der Waals surface area (Å²) < 4.78 is 21.9. The van der Waals surface area contributed by atoms with Crippen molar-refractivity contribution < 1.29 is 9.13 Å². The highest BCUT2D eigenvalue weighted by Gasteiger charge is 2.15. The molecule has 0 amide bonds. The van der Waals surface area contributed by atoms with Gasteiger partial charge >= 0.3 is 0 Å². The second kappa shape index (κ2) is 6.72. The van der Waals surface area contributed by atoms with E-state index in [4.69, 9.17) is 4.74 Å². The zero-order valence-electron chi connectivity index (χ0n) is 13.6. The smallest absolute Gasteiger partial charge is 0.146 e. The molecule has 22 heavy (non-hydrogen) atoms. The van der Waals surface area contributed by atoms with Crippen molar-refractivity contribution in [3.05, 3.63) is 30.2 Å². The second-order valence-corrected chi connectivity index (χ2v) is 6.80. The number of rotatable bonds is 5. The summed E-state index contributed by atoms with van der Waals surface area (Å²) in [7, 11) is 0. The van der Waals surface area contributed by atoms with Crippen molar-refractivity contribution in [1.29, 1.82) is 0 Å². The molecule has 1 saturated carbocycles. The molecular weight excluding hydrogens is 277 g/mol. The molecule has 1 aliphatic carbocycles. The molecule has 2 nitrogen and oxygen atoms in total. The van der Waals surface area contributed by atoms with Gasteiger partial charge in [-0.1, -0.05) is 32.1 Å². The van der Waals surface area contributed by atoms with Gasteiger partial charge in [0.15, 0.2) is 0 Å². The SMILES string of the molecule is CC(C)n1ccc2cc(F)cc(OCCC3CCCCC3)c21. The Morgan fingerprint density at radius 2 is 2.00 bits per heavy atom. The first-order valence-electron chi connectivity index (χ1n) is 8.58. The standard InChI is InChI=1S/C19H26FNO/c1-14(2)21-10-8-16-12-17(20)13-18(19(16)21)22-11-9-15-6-4-3-5-7-15/h8,10,12-15H,3-7,9,11H2,1-2H3. The highest BCUT2D eigenvalue weighted by atomic mass is 19.1. The van der Waals surface area contributed by atoms with Crippen molar-refractivity contribution in [2.75, 3.05) is 6.61 Å². The lowest BCUT2D eigenvalue weighted by molar-refractivity contribution is 0.247. The number of ether oxygens (including phenoxy) is 1. The summed E-state index contributed by atoms with van der Waals surface area (Å²) in [6.45, 7) is 4.95. The van der Waals surface area contributed by atoms with E-state index in [9.17, 15) is 4.39 Å². The van der Waals surface area contributed by atoms with Crippen LogP contribution < -0.4 is 4.74 Å². The van der Waals surface area contributed by atoms with E-state index in [1.165, 1.54) is 38.2 Å². The lowest BCUT2D eigenvalue weighted by Gasteiger charge is -2.21. The molecule has 2 aromatic rings. The molecule has 0 saturated heterocycles. The Hall–Kier alpha value is -1.51. The van der Waals surface area contributed by atoms with Crippen LogP contribution >= 0.6 is 0 Å². The number of benzene rings is 1. The van der Waals surface area contributed by atoms with Gasteiger partial charge in [0, 0.05) is 23.7 Å². The van der Waals surface area contributed by atoms with Gasteiger partial charge in [-0.15, -0.1) is 0 Å². The average molecular weight is 303 g/mol. The predicted molar refractivity (Wildman–Crippen MR) is 89.0 cm³/mol. The van der Waals surface area contributed by atoms with Gasteiger partial charge in [-0.3, -0.25) is 0 Å². The lowest BCUT2D eigenvalue weighted by Crippen LogP contribution is -2.11. The zero-order valence-corrected chi connectivity index (χ0v) is 13.6. The normalized spacial score (nSPS) is 16.5. The highest BCUT2D eigenvalue weighted by molar-refractivity contribution is 5.86. The van der Waals surface area contributed by atoms with Crippen molar-refractivity contribution in [1.82, 2.24) is 4.57 Å². The Bertz CT molecular complexity index is 626. The molecule has 1 aromatic heterocycles. The van der Waals surface area contributed by atoms with Gasteiger partial charge in [0.25, 0.3) is 0 Å². The molecule has 0 atom stereocenters. The molecule has 0 unspecified atom stereocenters. The summed E-state index contributed by atoms with van der Waals surface area (Å²) >= 11 is 0. The Morgan fingerprint density at radius 3 is 2.73 bits per heavy atom. The van der Waals surface area contributed by atoms with Crippen molar-refractivity contribution in [3.8, 4) is 5.75 Å². The molecular formula is C19H26FNO. The number of aromatic nitrogens is 1. The Morgan fingerprint density at radius 1 is 1.23 bits per heavy atom. The van der Waals surface area contributed by atoms with Gasteiger partial charge in [-0.05, 0) is 38.3 Å². The number of halogens is 1. The molecule has 3 rings (SSSR count). The van der Waals surface area contributed by atoms with Crippen molar-refractivity contribution in [3.63, 3.8) is 0 Å². The van der Waals surface area contributed by atoms with Gasteiger partial charge in [-0.25, -0.2) is 4.39 Å². The van der Waals surface area contributed by atoms with Gasteiger partial charge in [0.1, 0.15) is 11.6 Å². The van der Waals surface area contributed by atoms with Crippen molar-refractivity contribution in [2.24, 2.45) is 5.92 Å². The fourth-order valence-electron chi connectivity index (χ4n) is 3.58. The first-order valence-corrected chi connectivity index (χ1v) is 8.58. The summed E-state index contributed by atoms with van der Waals surface area (Å²) in [5.74, 6) is 1.25. The van der Waals surface area contributed by atoms with Crippen LogP contribution in [0.4, 0.5) is 4.39 Å².